The Labute approximate surface area is 192 Å². The summed E-state index contributed by atoms with van der Waals surface area (Å²) in [5, 5.41) is 2.72. The summed E-state index contributed by atoms with van der Waals surface area (Å²) in [5.74, 6) is -1.23. The van der Waals surface area contributed by atoms with E-state index < -0.39 is 11.6 Å². The van der Waals surface area contributed by atoms with E-state index in [-0.39, 0.29) is 11.5 Å². The highest BCUT2D eigenvalue weighted by atomic mass is 19.1. The molecular weight excluding hydrogens is 438 g/mol. The van der Waals surface area contributed by atoms with Gasteiger partial charge in [-0.25, -0.2) is 23.7 Å². The third-order valence-electron chi connectivity index (χ3n) is 5.27. The van der Waals surface area contributed by atoms with Gasteiger partial charge in [-0.3, -0.25) is 9.36 Å². The predicted octanol–water partition coefficient (Wildman–Crippen LogP) is 4.97. The number of amides is 1. The number of hydrogen-bond acceptors (Lipinski definition) is 5. The van der Waals surface area contributed by atoms with Gasteiger partial charge in [-0.1, -0.05) is 0 Å². The topological polar surface area (TPSA) is 98.7 Å². The summed E-state index contributed by atoms with van der Waals surface area (Å²) in [6, 6.07) is 13.9. The Bertz CT molecular complexity index is 1550. The van der Waals surface area contributed by atoms with Gasteiger partial charge in [-0.2, -0.15) is 0 Å². The second-order valence-corrected chi connectivity index (χ2v) is 7.73. The average Bonchev–Trinajstić information content (AvgIpc) is 3.22. The van der Waals surface area contributed by atoms with Crippen LogP contribution in [0.15, 0.2) is 73.3 Å². The number of pyridine rings is 2. The van der Waals surface area contributed by atoms with Crippen molar-refractivity contribution in [3.05, 3.63) is 85.0 Å². The zero-order valence-corrected chi connectivity index (χ0v) is 18.0. The summed E-state index contributed by atoms with van der Waals surface area (Å²) < 4.78 is 29.7. The molecule has 9 heteroatoms. The fourth-order valence-electron chi connectivity index (χ4n) is 3.73. The highest BCUT2D eigenvalue weighted by Crippen LogP contribution is 2.31. The Balaban J connectivity index is 1.62. The van der Waals surface area contributed by atoms with Crippen LogP contribution in [-0.4, -0.2) is 25.4 Å². The number of nitrogens with one attached hydrogen (secondary N) is 1. The lowest BCUT2D eigenvalue weighted by atomic mass is 10.0. The van der Waals surface area contributed by atoms with Crippen LogP contribution in [0.3, 0.4) is 0 Å². The minimum Gasteiger partial charge on any atom is -0.384 e. The number of halogens is 2. The number of rotatable bonds is 4. The van der Waals surface area contributed by atoms with Crippen molar-refractivity contribution in [2.45, 2.75) is 6.92 Å². The van der Waals surface area contributed by atoms with Crippen LogP contribution in [0.25, 0.3) is 39.1 Å². The minimum atomic E-state index is -0.707. The Hall–Kier alpha value is -4.66. The van der Waals surface area contributed by atoms with Crippen LogP contribution >= 0.6 is 0 Å². The molecule has 0 saturated carbocycles. The Morgan fingerprint density at radius 2 is 1.74 bits per heavy atom. The lowest BCUT2D eigenvalue weighted by molar-refractivity contribution is -0.114. The van der Waals surface area contributed by atoms with Crippen LogP contribution in [0.1, 0.15) is 6.92 Å². The third-order valence-corrected chi connectivity index (χ3v) is 5.27. The zero-order chi connectivity index (χ0) is 23.8. The first-order valence-electron chi connectivity index (χ1n) is 10.3. The van der Waals surface area contributed by atoms with Crippen molar-refractivity contribution in [3.63, 3.8) is 0 Å². The number of fused-ring (bicyclic) bond motifs is 1. The molecule has 0 unspecified atom stereocenters. The largest absolute Gasteiger partial charge is 0.384 e. The number of hydrogen-bond donors (Lipinski definition) is 2. The van der Waals surface area contributed by atoms with Crippen molar-refractivity contribution >= 4 is 28.6 Å². The molecule has 0 bridgehead atoms. The maximum Gasteiger partial charge on any atom is 0.221 e. The second-order valence-electron chi connectivity index (χ2n) is 7.73. The molecule has 3 heterocycles. The van der Waals surface area contributed by atoms with E-state index >= 15 is 0 Å². The van der Waals surface area contributed by atoms with Crippen LogP contribution in [0.5, 0.6) is 0 Å². The lowest BCUT2D eigenvalue weighted by Crippen LogP contribution is -2.07. The van der Waals surface area contributed by atoms with E-state index in [0.29, 0.717) is 33.9 Å². The second kappa shape index (κ2) is 8.36. The van der Waals surface area contributed by atoms with E-state index in [1.54, 1.807) is 47.6 Å². The van der Waals surface area contributed by atoms with Crippen molar-refractivity contribution in [1.29, 1.82) is 0 Å². The molecule has 5 aromatic rings. The molecular formula is C25H18F2N6O. The number of carbonyl (C=O) groups is 1. The van der Waals surface area contributed by atoms with Crippen LogP contribution in [0.4, 0.5) is 20.3 Å². The molecule has 0 radical (unpaired) electrons. The van der Waals surface area contributed by atoms with Gasteiger partial charge in [0.25, 0.3) is 0 Å². The molecule has 0 fully saturated rings. The summed E-state index contributed by atoms with van der Waals surface area (Å²) in [7, 11) is 0. The first kappa shape index (κ1) is 21.2. The normalized spacial score (nSPS) is 11.0. The summed E-state index contributed by atoms with van der Waals surface area (Å²) in [6.45, 7) is 1.38. The van der Waals surface area contributed by atoms with Crippen molar-refractivity contribution in [2.75, 3.05) is 11.1 Å². The van der Waals surface area contributed by atoms with Crippen molar-refractivity contribution in [1.82, 2.24) is 19.5 Å². The molecule has 0 aliphatic heterocycles. The van der Waals surface area contributed by atoms with Crippen molar-refractivity contribution < 1.29 is 13.6 Å². The van der Waals surface area contributed by atoms with Gasteiger partial charge in [0, 0.05) is 47.8 Å². The van der Waals surface area contributed by atoms with Crippen molar-refractivity contribution in [2.24, 2.45) is 0 Å². The summed E-state index contributed by atoms with van der Waals surface area (Å²) >= 11 is 0. The maximum atomic E-state index is 14.5. The number of nitrogen functional groups attached to an aromatic ring is 1. The smallest absolute Gasteiger partial charge is 0.221 e. The zero-order valence-electron chi connectivity index (χ0n) is 18.0. The number of benzene rings is 2. The fourth-order valence-corrected chi connectivity index (χ4v) is 3.73. The molecule has 3 aromatic heterocycles. The molecule has 0 saturated heterocycles. The molecule has 3 N–H and O–H groups in total. The summed E-state index contributed by atoms with van der Waals surface area (Å²) in [5.41, 5.74) is 10.3. The van der Waals surface area contributed by atoms with Gasteiger partial charge >= 0.3 is 0 Å². The van der Waals surface area contributed by atoms with Crippen LogP contribution in [-0.2, 0) is 4.79 Å². The standard InChI is InChI=1S/C25H18F2N6O/c1-14(34)32-19-6-16(21-4-3-18(26)9-22(21)27)7-20(10-19)33-13-31-23-8-17(12-30-25(23)33)15-2-5-24(28)29-11-15/h2-13H,1H3,(H2,28,29)(H,32,34). The number of aromatic nitrogens is 4. The minimum absolute atomic E-state index is 0.199. The Morgan fingerprint density at radius 3 is 2.47 bits per heavy atom. The molecule has 0 aliphatic carbocycles. The van der Waals surface area contributed by atoms with E-state index in [1.165, 1.54) is 19.1 Å². The number of imidazole rings is 1. The number of nitrogens with zero attached hydrogens (tertiary/aromatic N) is 4. The van der Waals surface area contributed by atoms with E-state index in [2.05, 4.69) is 20.3 Å². The predicted molar refractivity (Wildman–Crippen MR) is 126 cm³/mol. The van der Waals surface area contributed by atoms with Crippen LogP contribution in [0, 0.1) is 11.6 Å². The quantitative estimate of drug-likeness (QED) is 0.398. The summed E-state index contributed by atoms with van der Waals surface area (Å²) in [6.07, 6.45) is 4.96. The Kier molecular flexibility index (Phi) is 5.21. The van der Waals surface area contributed by atoms with Crippen LogP contribution < -0.4 is 11.1 Å². The number of anilines is 2. The first-order chi connectivity index (χ1) is 16.4. The molecule has 1 amide bonds. The van der Waals surface area contributed by atoms with Crippen molar-refractivity contribution in [3.8, 4) is 27.9 Å². The molecule has 0 spiro atoms. The van der Waals surface area contributed by atoms with E-state index in [1.807, 2.05) is 12.1 Å². The van der Waals surface area contributed by atoms with Crippen LogP contribution in [0.2, 0.25) is 0 Å². The summed E-state index contributed by atoms with van der Waals surface area (Å²) in [4.78, 5) is 24.8. The molecule has 0 atom stereocenters. The maximum absolute atomic E-state index is 14.5. The van der Waals surface area contributed by atoms with E-state index in [9.17, 15) is 13.6 Å². The van der Waals surface area contributed by atoms with E-state index in [4.69, 9.17) is 5.73 Å². The Morgan fingerprint density at radius 1 is 0.912 bits per heavy atom. The van der Waals surface area contributed by atoms with Gasteiger partial charge < -0.3 is 11.1 Å². The number of nitrogens with two attached hydrogens (primary N) is 1. The highest BCUT2D eigenvalue weighted by molar-refractivity contribution is 5.90. The van der Waals surface area contributed by atoms with E-state index in [0.717, 1.165) is 17.2 Å². The monoisotopic (exact) mass is 456 g/mol. The highest BCUT2D eigenvalue weighted by Gasteiger charge is 2.14. The average molecular weight is 456 g/mol. The fraction of sp³-hybridized carbons (Fsp3) is 0.0400. The third kappa shape index (κ3) is 4.06. The van der Waals surface area contributed by atoms with Gasteiger partial charge in [-0.15, -0.1) is 0 Å². The molecule has 0 aliphatic rings. The SMILES string of the molecule is CC(=O)Nc1cc(-c2ccc(F)cc2F)cc(-n2cnc3cc(-c4ccc(N)nc4)cnc32)c1. The lowest BCUT2D eigenvalue weighted by Gasteiger charge is -2.12. The van der Waals surface area contributed by atoms with Gasteiger partial charge in [0.2, 0.25) is 5.91 Å². The number of carbonyl (C=O) groups excluding carboxylic acids is 1. The van der Waals surface area contributed by atoms with Gasteiger partial charge in [0.05, 0.1) is 5.69 Å². The van der Waals surface area contributed by atoms with Gasteiger partial charge in [0.15, 0.2) is 5.65 Å². The molecule has 34 heavy (non-hydrogen) atoms. The van der Waals surface area contributed by atoms with Gasteiger partial charge in [0.1, 0.15) is 29.3 Å². The molecule has 5 rings (SSSR count). The molecule has 7 nitrogen and oxygen atoms in total. The first-order valence-corrected chi connectivity index (χ1v) is 10.3. The molecule has 2 aromatic carbocycles. The molecule has 168 valence electrons. The van der Waals surface area contributed by atoms with Gasteiger partial charge in [-0.05, 0) is 54.1 Å².